The van der Waals surface area contributed by atoms with Crippen molar-refractivity contribution in [2.24, 2.45) is 0 Å². The van der Waals surface area contributed by atoms with Crippen LogP contribution in [-0.4, -0.2) is 12.4 Å². The summed E-state index contributed by atoms with van der Waals surface area (Å²) >= 11 is 0. The third-order valence-corrected chi connectivity index (χ3v) is 0.667. The summed E-state index contributed by atoms with van der Waals surface area (Å²) in [4.78, 5) is 3.25. The molecule has 0 aliphatic rings. The highest BCUT2D eigenvalue weighted by Crippen LogP contribution is 1.79. The van der Waals surface area contributed by atoms with Crippen molar-refractivity contribution < 1.29 is 10.1 Å². The number of benzene rings is 1. The molecular weight excluding hydrogens is 140 g/mol. The summed E-state index contributed by atoms with van der Waals surface area (Å²) in [5.41, 5.74) is 0. The third-order valence-electron chi connectivity index (χ3n) is 0.667. The Labute approximate surface area is 68.4 Å². The molecule has 0 atom stereocenters. The molecule has 0 heterocycles. The first-order chi connectivity index (χ1) is 5.41. The largest absolute Gasteiger partial charge is 0.252 e. The Morgan fingerprint density at radius 3 is 1.00 bits per heavy atom. The van der Waals surface area contributed by atoms with Crippen LogP contribution in [0.1, 0.15) is 13.8 Å². The van der Waals surface area contributed by atoms with Crippen LogP contribution in [0.4, 0.5) is 0 Å². The molecule has 64 valence electrons. The zero-order valence-corrected chi connectivity index (χ0v) is 7.32. The van der Waals surface area contributed by atoms with E-state index < -0.39 is 0 Å². The molecule has 1 aromatic rings. The topological polar surface area (TPSA) is 29.5 Å². The molecule has 11 heavy (non-hydrogen) atoms. The van der Waals surface area contributed by atoms with Crippen LogP contribution in [0.15, 0.2) is 36.4 Å². The lowest BCUT2D eigenvalue weighted by molar-refractivity contribution is -0.214. The first-order valence-corrected chi connectivity index (χ1v) is 3.59. The lowest BCUT2D eigenvalue weighted by Crippen LogP contribution is -1.57. The van der Waals surface area contributed by atoms with E-state index in [1.807, 2.05) is 50.2 Å². The van der Waals surface area contributed by atoms with E-state index in [1.165, 1.54) is 7.11 Å². The summed E-state index contributed by atoms with van der Waals surface area (Å²) in [5, 5.41) is 7.07. The maximum Gasteiger partial charge on any atom is 0.0710 e. The quantitative estimate of drug-likeness (QED) is 0.462. The average Bonchev–Trinajstić information content (AvgIpc) is 2.12. The van der Waals surface area contributed by atoms with Crippen molar-refractivity contribution in [2.75, 3.05) is 7.11 Å². The van der Waals surface area contributed by atoms with Crippen LogP contribution >= 0.6 is 0 Å². The SMILES string of the molecule is CC.COO.c1ccccc1. The lowest BCUT2D eigenvalue weighted by Gasteiger charge is -1.69. The standard InChI is InChI=1S/C6H6.C2H6.CH4O2/c1-2-4-6-5-3-1;1-2;1-3-2/h1-6H;1-2H3;2H,1H3. The molecule has 0 aliphatic carbocycles. The summed E-state index contributed by atoms with van der Waals surface area (Å²) in [7, 11) is 1.18. The van der Waals surface area contributed by atoms with Crippen molar-refractivity contribution in [1.82, 2.24) is 0 Å². The minimum Gasteiger partial charge on any atom is -0.252 e. The van der Waals surface area contributed by atoms with E-state index in [0.29, 0.717) is 0 Å². The lowest BCUT2D eigenvalue weighted by atomic mass is 10.4. The highest BCUT2D eigenvalue weighted by atomic mass is 17.1. The van der Waals surface area contributed by atoms with Crippen molar-refractivity contribution >= 4 is 0 Å². The van der Waals surface area contributed by atoms with Gasteiger partial charge >= 0.3 is 0 Å². The number of hydrogen-bond donors (Lipinski definition) is 1. The van der Waals surface area contributed by atoms with Gasteiger partial charge < -0.3 is 0 Å². The van der Waals surface area contributed by atoms with Crippen LogP contribution < -0.4 is 0 Å². The van der Waals surface area contributed by atoms with Gasteiger partial charge in [0.25, 0.3) is 0 Å². The highest BCUT2D eigenvalue weighted by Gasteiger charge is 1.57. The Kier molecular flexibility index (Phi) is 18.7. The van der Waals surface area contributed by atoms with E-state index in [2.05, 4.69) is 4.89 Å². The Bertz CT molecular complexity index is 90.4. The van der Waals surface area contributed by atoms with Crippen LogP contribution in [0.2, 0.25) is 0 Å². The second-order valence-corrected chi connectivity index (χ2v) is 1.34. The molecule has 0 aromatic heterocycles. The summed E-state index contributed by atoms with van der Waals surface area (Å²) in [6.07, 6.45) is 0. The molecule has 1 aromatic carbocycles. The highest BCUT2D eigenvalue weighted by molar-refractivity contribution is 4.99. The average molecular weight is 156 g/mol. The molecule has 0 bridgehead atoms. The number of hydrogen-bond acceptors (Lipinski definition) is 2. The summed E-state index contributed by atoms with van der Waals surface area (Å²) in [6.45, 7) is 4.00. The molecule has 1 N–H and O–H groups in total. The predicted molar refractivity (Wildman–Crippen MR) is 47.4 cm³/mol. The Morgan fingerprint density at radius 2 is 0.909 bits per heavy atom. The van der Waals surface area contributed by atoms with Gasteiger partial charge in [0.2, 0.25) is 0 Å². The van der Waals surface area contributed by atoms with Crippen LogP contribution in [0.5, 0.6) is 0 Å². The van der Waals surface area contributed by atoms with Gasteiger partial charge in [0.15, 0.2) is 0 Å². The van der Waals surface area contributed by atoms with Gasteiger partial charge in [0.1, 0.15) is 0 Å². The first-order valence-electron chi connectivity index (χ1n) is 3.59. The van der Waals surface area contributed by atoms with Gasteiger partial charge in [0, 0.05) is 0 Å². The smallest absolute Gasteiger partial charge is 0.0710 e. The fraction of sp³-hybridized carbons (Fsp3) is 0.333. The zero-order chi connectivity index (χ0) is 8.95. The molecule has 0 spiro atoms. The normalized spacial score (nSPS) is 6.55. The molecular formula is C9H16O2. The fourth-order valence-corrected chi connectivity index (χ4v) is 0.385. The molecule has 0 saturated carbocycles. The molecule has 0 amide bonds. The van der Waals surface area contributed by atoms with Crippen LogP contribution in [0.3, 0.4) is 0 Å². The summed E-state index contributed by atoms with van der Waals surface area (Å²) in [5.74, 6) is 0. The van der Waals surface area contributed by atoms with Gasteiger partial charge in [-0.3, -0.25) is 5.26 Å². The minimum atomic E-state index is 1.18. The molecule has 2 nitrogen and oxygen atoms in total. The van der Waals surface area contributed by atoms with Crippen LogP contribution in [0, 0.1) is 0 Å². The van der Waals surface area contributed by atoms with Crippen molar-refractivity contribution in [3.8, 4) is 0 Å². The molecule has 0 aliphatic heterocycles. The summed E-state index contributed by atoms with van der Waals surface area (Å²) < 4.78 is 0. The van der Waals surface area contributed by atoms with E-state index in [-0.39, 0.29) is 0 Å². The summed E-state index contributed by atoms with van der Waals surface area (Å²) in [6, 6.07) is 12.0. The van der Waals surface area contributed by atoms with Crippen LogP contribution in [0.25, 0.3) is 0 Å². The van der Waals surface area contributed by atoms with Gasteiger partial charge in [-0.15, -0.1) is 0 Å². The van der Waals surface area contributed by atoms with Gasteiger partial charge in [-0.2, -0.15) is 0 Å². The minimum absolute atomic E-state index is 1.18. The van der Waals surface area contributed by atoms with E-state index in [9.17, 15) is 0 Å². The Morgan fingerprint density at radius 1 is 0.818 bits per heavy atom. The van der Waals surface area contributed by atoms with Gasteiger partial charge in [-0.25, -0.2) is 4.89 Å². The van der Waals surface area contributed by atoms with Crippen LogP contribution in [-0.2, 0) is 4.89 Å². The molecule has 0 saturated heterocycles. The van der Waals surface area contributed by atoms with E-state index >= 15 is 0 Å². The Hall–Kier alpha value is -0.860. The van der Waals surface area contributed by atoms with Gasteiger partial charge in [-0.05, 0) is 0 Å². The maximum atomic E-state index is 7.07. The second kappa shape index (κ2) is 16.1. The Balaban J connectivity index is 0. The zero-order valence-electron chi connectivity index (χ0n) is 7.32. The van der Waals surface area contributed by atoms with E-state index in [1.54, 1.807) is 0 Å². The fourth-order valence-electron chi connectivity index (χ4n) is 0.385. The molecule has 0 unspecified atom stereocenters. The molecule has 2 heteroatoms. The predicted octanol–water partition coefficient (Wildman–Crippen LogP) is 2.82. The third kappa shape index (κ3) is 17.6. The van der Waals surface area contributed by atoms with Gasteiger partial charge in [0.05, 0.1) is 7.11 Å². The van der Waals surface area contributed by atoms with Crippen molar-refractivity contribution in [1.29, 1.82) is 0 Å². The maximum absolute atomic E-state index is 7.07. The van der Waals surface area contributed by atoms with E-state index in [0.717, 1.165) is 0 Å². The monoisotopic (exact) mass is 156 g/mol. The van der Waals surface area contributed by atoms with E-state index in [4.69, 9.17) is 5.26 Å². The molecule has 0 fully saturated rings. The molecule has 0 radical (unpaired) electrons. The van der Waals surface area contributed by atoms with Gasteiger partial charge in [-0.1, -0.05) is 50.2 Å². The van der Waals surface area contributed by atoms with Crippen molar-refractivity contribution in [2.45, 2.75) is 13.8 Å². The first kappa shape index (κ1) is 12.8. The number of rotatable bonds is 0. The second-order valence-electron chi connectivity index (χ2n) is 1.34. The molecule has 1 rings (SSSR count). The van der Waals surface area contributed by atoms with Crippen molar-refractivity contribution in [3.63, 3.8) is 0 Å². The van der Waals surface area contributed by atoms with Crippen molar-refractivity contribution in [3.05, 3.63) is 36.4 Å².